The van der Waals surface area contributed by atoms with Gasteiger partial charge in [0.2, 0.25) is 0 Å². The molecule has 0 atom stereocenters. The van der Waals surface area contributed by atoms with Crippen molar-refractivity contribution in [1.29, 1.82) is 0 Å². The van der Waals surface area contributed by atoms with Crippen LogP contribution in [0.1, 0.15) is 10.4 Å². The summed E-state index contributed by atoms with van der Waals surface area (Å²) in [5.74, 6) is -0.704. The lowest BCUT2D eigenvalue weighted by Crippen LogP contribution is -2.40. The summed E-state index contributed by atoms with van der Waals surface area (Å²) in [5.41, 5.74) is 0.687. The minimum Gasteiger partial charge on any atom is -0.484 e. The lowest BCUT2D eigenvalue weighted by atomic mass is 10.1. The first-order chi connectivity index (χ1) is 15.3. The van der Waals surface area contributed by atoms with Crippen molar-refractivity contribution in [3.8, 4) is 5.75 Å². The second-order valence-corrected chi connectivity index (χ2v) is 7.93. The smallest absolute Gasteiger partial charge is 0.259 e. The van der Waals surface area contributed by atoms with Crippen LogP contribution in [-0.2, 0) is 4.79 Å². The minimum atomic E-state index is -0.432. The molecule has 0 spiro atoms. The molecule has 3 rings (SSSR count). The lowest BCUT2D eigenvalue weighted by Gasteiger charge is -2.24. The highest BCUT2D eigenvalue weighted by Gasteiger charge is 2.20. The average molecular weight is 496 g/mol. The minimum absolute atomic E-state index is 0.121. The molecule has 2 amide bonds. The highest BCUT2D eigenvalue weighted by Crippen LogP contribution is 2.25. The summed E-state index contributed by atoms with van der Waals surface area (Å²) in [5, 5.41) is 3.84. The average Bonchev–Trinajstić information content (AvgIpc) is 2.77. The molecule has 5 nitrogen and oxygen atoms in total. The van der Waals surface area contributed by atoms with Crippen LogP contribution in [0.5, 0.6) is 5.75 Å². The summed E-state index contributed by atoms with van der Waals surface area (Å²) in [4.78, 5) is 26.7. The van der Waals surface area contributed by atoms with Crippen molar-refractivity contribution in [3.63, 3.8) is 0 Å². The molecule has 0 saturated heterocycles. The molecule has 3 aromatic rings. The standard InChI is InChI=1S/C23H18Cl3FN2O3/c24-15-1-8-19(9-2-15)32-14-22(30)28-11-12-29(18-6-4-17(27)5-7-18)23(31)20-10-3-16(25)13-21(20)26/h1-10,13H,11-12,14H2,(H,28,30). The van der Waals surface area contributed by atoms with Gasteiger partial charge in [-0.15, -0.1) is 0 Å². The molecule has 9 heteroatoms. The van der Waals surface area contributed by atoms with E-state index in [0.717, 1.165) is 0 Å². The number of nitrogens with zero attached hydrogens (tertiary/aromatic N) is 1. The van der Waals surface area contributed by atoms with Crippen molar-refractivity contribution < 1.29 is 18.7 Å². The van der Waals surface area contributed by atoms with Gasteiger partial charge in [0.05, 0.1) is 10.6 Å². The van der Waals surface area contributed by atoms with Gasteiger partial charge >= 0.3 is 0 Å². The van der Waals surface area contributed by atoms with Crippen LogP contribution in [0.25, 0.3) is 0 Å². The third kappa shape index (κ3) is 6.60. The van der Waals surface area contributed by atoms with Gasteiger partial charge in [-0.2, -0.15) is 0 Å². The van der Waals surface area contributed by atoms with Gasteiger partial charge < -0.3 is 15.0 Å². The highest BCUT2D eigenvalue weighted by atomic mass is 35.5. The fourth-order valence-electron chi connectivity index (χ4n) is 2.82. The molecular weight excluding hydrogens is 478 g/mol. The van der Waals surface area contributed by atoms with E-state index < -0.39 is 11.7 Å². The van der Waals surface area contributed by atoms with Crippen LogP contribution in [0.4, 0.5) is 10.1 Å². The monoisotopic (exact) mass is 494 g/mol. The number of benzene rings is 3. The molecule has 0 bridgehead atoms. The molecule has 0 aliphatic rings. The Labute approximate surface area is 199 Å². The number of ether oxygens (including phenoxy) is 1. The maximum absolute atomic E-state index is 13.4. The second kappa shape index (κ2) is 11.2. The Hall–Kier alpha value is -2.80. The fourth-order valence-corrected chi connectivity index (χ4v) is 3.43. The quantitative estimate of drug-likeness (QED) is 0.441. The molecule has 0 saturated carbocycles. The predicted octanol–water partition coefficient (Wildman–Crippen LogP) is 5.63. The van der Waals surface area contributed by atoms with Gasteiger partial charge in [0.1, 0.15) is 11.6 Å². The molecular formula is C23H18Cl3FN2O3. The number of rotatable bonds is 8. The number of amides is 2. The largest absolute Gasteiger partial charge is 0.484 e. The van der Waals surface area contributed by atoms with E-state index in [-0.39, 0.29) is 36.2 Å². The topological polar surface area (TPSA) is 58.6 Å². The van der Waals surface area contributed by atoms with E-state index in [4.69, 9.17) is 39.5 Å². The van der Waals surface area contributed by atoms with Crippen molar-refractivity contribution in [2.24, 2.45) is 0 Å². The van der Waals surface area contributed by atoms with E-state index >= 15 is 0 Å². The molecule has 0 heterocycles. The Kier molecular flexibility index (Phi) is 8.33. The van der Waals surface area contributed by atoms with Gasteiger partial charge in [0.25, 0.3) is 11.8 Å². The fraction of sp³-hybridized carbons (Fsp3) is 0.130. The maximum Gasteiger partial charge on any atom is 0.259 e. The number of anilines is 1. The number of carbonyl (C=O) groups excluding carboxylic acids is 2. The van der Waals surface area contributed by atoms with Crippen LogP contribution in [-0.4, -0.2) is 31.5 Å². The summed E-state index contributed by atoms with van der Waals surface area (Å²) >= 11 is 17.9. The third-order valence-electron chi connectivity index (χ3n) is 4.39. The number of carbonyl (C=O) groups is 2. The van der Waals surface area contributed by atoms with Crippen molar-refractivity contribution in [3.05, 3.63) is 93.2 Å². The number of nitrogens with one attached hydrogen (secondary N) is 1. The van der Waals surface area contributed by atoms with Gasteiger partial charge in [-0.3, -0.25) is 9.59 Å². The lowest BCUT2D eigenvalue weighted by molar-refractivity contribution is -0.123. The van der Waals surface area contributed by atoms with E-state index in [1.807, 2.05) is 0 Å². The zero-order valence-electron chi connectivity index (χ0n) is 16.7. The van der Waals surface area contributed by atoms with Crippen LogP contribution < -0.4 is 15.0 Å². The van der Waals surface area contributed by atoms with E-state index in [2.05, 4.69) is 5.32 Å². The number of hydrogen-bond acceptors (Lipinski definition) is 3. The van der Waals surface area contributed by atoms with Crippen molar-refractivity contribution in [1.82, 2.24) is 5.32 Å². The van der Waals surface area contributed by atoms with Crippen LogP contribution >= 0.6 is 34.8 Å². The molecule has 1 N–H and O–H groups in total. The van der Waals surface area contributed by atoms with Crippen LogP contribution in [0, 0.1) is 5.82 Å². The van der Waals surface area contributed by atoms with E-state index in [1.165, 1.54) is 41.3 Å². The Morgan fingerprint density at radius 3 is 2.22 bits per heavy atom. The van der Waals surface area contributed by atoms with Gasteiger partial charge in [-0.1, -0.05) is 34.8 Å². The van der Waals surface area contributed by atoms with E-state index in [1.54, 1.807) is 30.3 Å². The molecule has 3 aromatic carbocycles. The van der Waals surface area contributed by atoms with Crippen LogP contribution in [0.15, 0.2) is 66.7 Å². The normalized spacial score (nSPS) is 10.5. The zero-order chi connectivity index (χ0) is 23.1. The van der Waals surface area contributed by atoms with Gasteiger partial charge in [-0.05, 0) is 66.7 Å². The summed E-state index contributed by atoms with van der Waals surface area (Å²) in [6.07, 6.45) is 0. The molecule has 0 aliphatic heterocycles. The summed E-state index contributed by atoms with van der Waals surface area (Å²) in [6.45, 7) is 0.0579. The number of halogens is 4. The first kappa shape index (κ1) is 23.9. The van der Waals surface area contributed by atoms with Crippen LogP contribution in [0.3, 0.4) is 0 Å². The highest BCUT2D eigenvalue weighted by molar-refractivity contribution is 6.37. The third-order valence-corrected chi connectivity index (χ3v) is 5.19. The first-order valence-corrected chi connectivity index (χ1v) is 10.6. The number of hydrogen-bond donors (Lipinski definition) is 1. The van der Waals surface area contributed by atoms with Gasteiger partial charge in [0.15, 0.2) is 6.61 Å². The first-order valence-electron chi connectivity index (χ1n) is 9.51. The predicted molar refractivity (Wildman–Crippen MR) is 124 cm³/mol. The van der Waals surface area contributed by atoms with Gasteiger partial charge in [0, 0.05) is 28.8 Å². The van der Waals surface area contributed by atoms with Crippen molar-refractivity contribution in [2.75, 3.05) is 24.6 Å². The summed E-state index contributed by atoms with van der Waals surface area (Å²) in [7, 11) is 0. The Balaban J connectivity index is 1.65. The maximum atomic E-state index is 13.4. The summed E-state index contributed by atoms with van der Waals surface area (Å²) in [6, 6.07) is 16.6. The molecule has 0 radical (unpaired) electrons. The second-order valence-electron chi connectivity index (χ2n) is 6.65. The SMILES string of the molecule is O=C(COc1ccc(Cl)cc1)NCCN(C(=O)c1ccc(Cl)cc1Cl)c1ccc(F)cc1. The van der Waals surface area contributed by atoms with Crippen molar-refractivity contribution >= 4 is 52.3 Å². The summed E-state index contributed by atoms with van der Waals surface area (Å²) < 4.78 is 18.8. The van der Waals surface area contributed by atoms with E-state index in [0.29, 0.717) is 21.5 Å². The molecule has 0 unspecified atom stereocenters. The molecule has 0 aromatic heterocycles. The molecule has 32 heavy (non-hydrogen) atoms. The van der Waals surface area contributed by atoms with E-state index in [9.17, 15) is 14.0 Å². The zero-order valence-corrected chi connectivity index (χ0v) is 18.9. The Bertz CT molecular complexity index is 1090. The van der Waals surface area contributed by atoms with Crippen molar-refractivity contribution in [2.45, 2.75) is 0 Å². The Morgan fingerprint density at radius 1 is 0.906 bits per heavy atom. The van der Waals surface area contributed by atoms with Crippen LogP contribution in [0.2, 0.25) is 15.1 Å². The molecule has 0 aliphatic carbocycles. The Morgan fingerprint density at radius 2 is 1.56 bits per heavy atom. The van der Waals surface area contributed by atoms with Gasteiger partial charge in [-0.25, -0.2) is 4.39 Å². The molecule has 166 valence electrons. The molecule has 0 fully saturated rings.